The van der Waals surface area contributed by atoms with E-state index in [0.717, 1.165) is 5.01 Å². The number of hydrogen-bond acceptors (Lipinski definition) is 4. The Hall–Kier alpha value is -1.63. The summed E-state index contributed by atoms with van der Waals surface area (Å²) in [7, 11) is 0. The predicted octanol–water partition coefficient (Wildman–Crippen LogP) is 1.54. The van der Waals surface area contributed by atoms with Gasteiger partial charge in [0.15, 0.2) is 0 Å². The molecule has 1 aromatic rings. The number of hydrogen-bond donors (Lipinski definition) is 3. The van der Waals surface area contributed by atoms with Gasteiger partial charge in [0.25, 0.3) is 0 Å². The number of amides is 2. The summed E-state index contributed by atoms with van der Waals surface area (Å²) in [5.41, 5.74) is -0.630. The van der Waals surface area contributed by atoms with Crippen molar-refractivity contribution in [2.24, 2.45) is 0 Å². The first kappa shape index (κ1) is 14.4. The third kappa shape index (κ3) is 3.69. The Morgan fingerprint density at radius 2 is 2.22 bits per heavy atom. The maximum atomic E-state index is 11.7. The minimum atomic E-state index is -1.04. The second kappa shape index (κ2) is 5.81. The molecule has 0 bridgehead atoms. The highest BCUT2D eigenvalue weighted by Gasteiger charge is 2.27. The van der Waals surface area contributed by atoms with E-state index in [1.165, 1.54) is 11.3 Å². The third-order valence-corrected chi connectivity index (χ3v) is 3.50. The molecule has 1 atom stereocenters. The molecule has 18 heavy (non-hydrogen) atoms. The lowest BCUT2D eigenvalue weighted by Gasteiger charge is -2.25. The summed E-state index contributed by atoms with van der Waals surface area (Å²) in [4.78, 5) is 26.7. The minimum absolute atomic E-state index is 0.334. The molecule has 1 heterocycles. The Morgan fingerprint density at radius 1 is 1.56 bits per heavy atom. The summed E-state index contributed by atoms with van der Waals surface area (Å²) in [5.74, 6) is -1.04. The van der Waals surface area contributed by atoms with E-state index in [1.54, 1.807) is 13.1 Å². The van der Waals surface area contributed by atoms with Crippen LogP contribution in [0.2, 0.25) is 0 Å². The fourth-order valence-corrected chi connectivity index (χ4v) is 2.12. The lowest BCUT2D eigenvalue weighted by Crippen LogP contribution is -2.51. The molecule has 0 spiro atoms. The van der Waals surface area contributed by atoms with Crippen LogP contribution in [0.5, 0.6) is 0 Å². The fourth-order valence-electron chi connectivity index (χ4n) is 1.40. The largest absolute Gasteiger partial charge is 0.480 e. The van der Waals surface area contributed by atoms with Crippen LogP contribution in [0.25, 0.3) is 0 Å². The maximum Gasteiger partial charge on any atom is 0.326 e. The molecule has 0 aromatic carbocycles. The Labute approximate surface area is 109 Å². The number of carboxylic acids is 1. The number of urea groups is 1. The zero-order valence-electron chi connectivity index (χ0n) is 10.6. The van der Waals surface area contributed by atoms with Crippen LogP contribution in [0.3, 0.4) is 0 Å². The van der Waals surface area contributed by atoms with Crippen LogP contribution >= 0.6 is 11.3 Å². The summed E-state index contributed by atoms with van der Waals surface area (Å²) < 4.78 is 0. The van der Waals surface area contributed by atoms with Crippen molar-refractivity contribution in [2.45, 2.75) is 38.8 Å². The fraction of sp³-hybridized carbons (Fsp3) is 0.545. The number of carbonyl (C=O) groups is 2. The molecule has 0 saturated heterocycles. The van der Waals surface area contributed by atoms with Crippen LogP contribution in [0.1, 0.15) is 32.2 Å². The lowest BCUT2D eigenvalue weighted by atomic mass is 10.1. The average Bonchev–Trinajstić information content (AvgIpc) is 2.78. The summed E-state index contributed by atoms with van der Waals surface area (Å²) in [6, 6.07) is -1.39. The van der Waals surface area contributed by atoms with E-state index in [1.807, 2.05) is 19.2 Å². The van der Waals surface area contributed by atoms with Gasteiger partial charge in [0.1, 0.15) is 11.0 Å². The van der Waals surface area contributed by atoms with Crippen LogP contribution < -0.4 is 10.6 Å². The topological polar surface area (TPSA) is 91.3 Å². The second-order valence-electron chi connectivity index (χ2n) is 4.36. The standard InChI is InChI=1S/C11H17N3O3S/c1-4-7(8(15)16)13-10(17)14-11(2,3)9-12-5-6-18-9/h5-7H,4H2,1-3H3,(H,15,16)(H2,13,14,17)/t7-/m0/s1. The van der Waals surface area contributed by atoms with Gasteiger partial charge in [-0.05, 0) is 20.3 Å². The first-order valence-corrected chi connectivity index (χ1v) is 6.46. The van der Waals surface area contributed by atoms with Gasteiger partial charge in [-0.25, -0.2) is 14.6 Å². The van der Waals surface area contributed by atoms with Crippen LogP contribution in [-0.4, -0.2) is 28.1 Å². The number of nitrogens with one attached hydrogen (secondary N) is 2. The number of rotatable bonds is 5. The van der Waals surface area contributed by atoms with E-state index in [9.17, 15) is 9.59 Å². The van der Waals surface area contributed by atoms with Gasteiger partial charge in [0, 0.05) is 11.6 Å². The lowest BCUT2D eigenvalue weighted by molar-refractivity contribution is -0.139. The molecule has 1 aromatic heterocycles. The van der Waals surface area contributed by atoms with Gasteiger partial charge in [0.2, 0.25) is 0 Å². The number of carbonyl (C=O) groups excluding carboxylic acids is 1. The number of aliphatic carboxylic acids is 1. The maximum absolute atomic E-state index is 11.7. The van der Waals surface area contributed by atoms with Crippen LogP contribution in [0, 0.1) is 0 Å². The molecule has 0 fully saturated rings. The van der Waals surface area contributed by atoms with Gasteiger partial charge >= 0.3 is 12.0 Å². The van der Waals surface area contributed by atoms with Crippen molar-refractivity contribution in [1.82, 2.24) is 15.6 Å². The van der Waals surface area contributed by atoms with E-state index in [0.29, 0.717) is 6.42 Å². The molecule has 0 aliphatic heterocycles. The Balaban J connectivity index is 2.62. The molecule has 2 amide bonds. The normalized spacial score (nSPS) is 12.8. The highest BCUT2D eigenvalue weighted by atomic mass is 32.1. The first-order valence-electron chi connectivity index (χ1n) is 5.58. The van der Waals surface area contributed by atoms with Gasteiger partial charge in [-0.1, -0.05) is 6.92 Å². The van der Waals surface area contributed by atoms with Gasteiger partial charge in [-0.3, -0.25) is 0 Å². The van der Waals surface area contributed by atoms with Crippen molar-refractivity contribution in [2.75, 3.05) is 0 Å². The summed E-state index contributed by atoms with van der Waals surface area (Å²) in [5, 5.41) is 16.6. The molecule has 3 N–H and O–H groups in total. The number of nitrogens with zero attached hydrogens (tertiary/aromatic N) is 1. The van der Waals surface area contributed by atoms with Gasteiger partial charge in [-0.2, -0.15) is 0 Å². The number of carboxylic acid groups (broad SMARTS) is 1. The van der Waals surface area contributed by atoms with Crippen LogP contribution in [0.4, 0.5) is 4.79 Å². The molecule has 7 heteroatoms. The Morgan fingerprint density at radius 3 is 2.67 bits per heavy atom. The molecular weight excluding hydrogens is 254 g/mol. The quantitative estimate of drug-likeness (QED) is 0.757. The SMILES string of the molecule is CC[C@H](NC(=O)NC(C)(C)c1nccs1)C(=O)O. The molecule has 0 radical (unpaired) electrons. The van der Waals surface area contributed by atoms with Crippen LogP contribution in [-0.2, 0) is 10.3 Å². The van der Waals surface area contributed by atoms with Gasteiger partial charge in [-0.15, -0.1) is 11.3 Å². The summed E-state index contributed by atoms with van der Waals surface area (Å²) in [6.45, 7) is 5.32. The smallest absolute Gasteiger partial charge is 0.326 e. The van der Waals surface area contributed by atoms with Gasteiger partial charge < -0.3 is 15.7 Å². The second-order valence-corrected chi connectivity index (χ2v) is 5.25. The average molecular weight is 271 g/mol. The monoisotopic (exact) mass is 271 g/mol. The molecule has 100 valence electrons. The summed E-state index contributed by atoms with van der Waals surface area (Å²) >= 11 is 1.43. The zero-order chi connectivity index (χ0) is 13.8. The predicted molar refractivity (Wildman–Crippen MR) is 68.5 cm³/mol. The van der Waals surface area contributed by atoms with E-state index in [4.69, 9.17) is 5.11 Å². The summed E-state index contributed by atoms with van der Waals surface area (Å²) in [6.07, 6.45) is 1.99. The molecule has 0 unspecified atom stereocenters. The van der Waals surface area contributed by atoms with Crippen molar-refractivity contribution < 1.29 is 14.7 Å². The molecule has 6 nitrogen and oxygen atoms in total. The Bertz CT molecular complexity index is 417. The van der Waals surface area contributed by atoms with Crippen molar-refractivity contribution in [1.29, 1.82) is 0 Å². The number of aromatic nitrogens is 1. The van der Waals surface area contributed by atoms with Gasteiger partial charge in [0.05, 0.1) is 5.54 Å². The number of thiazole rings is 1. The Kier molecular flexibility index (Phi) is 4.66. The molecule has 0 aliphatic carbocycles. The van der Waals surface area contributed by atoms with E-state index >= 15 is 0 Å². The van der Waals surface area contributed by atoms with Crippen molar-refractivity contribution >= 4 is 23.3 Å². The van der Waals surface area contributed by atoms with E-state index in [-0.39, 0.29) is 0 Å². The molecule has 1 rings (SSSR count). The molecule has 0 saturated carbocycles. The first-order chi connectivity index (χ1) is 8.36. The van der Waals surface area contributed by atoms with Crippen LogP contribution in [0.15, 0.2) is 11.6 Å². The van der Waals surface area contributed by atoms with E-state index in [2.05, 4.69) is 15.6 Å². The van der Waals surface area contributed by atoms with Crippen molar-refractivity contribution in [3.05, 3.63) is 16.6 Å². The molecular formula is C11H17N3O3S. The van der Waals surface area contributed by atoms with Crippen molar-refractivity contribution in [3.8, 4) is 0 Å². The minimum Gasteiger partial charge on any atom is -0.480 e. The zero-order valence-corrected chi connectivity index (χ0v) is 11.4. The highest BCUT2D eigenvalue weighted by molar-refractivity contribution is 7.09. The third-order valence-electron chi connectivity index (χ3n) is 2.40. The van der Waals surface area contributed by atoms with E-state index < -0.39 is 23.6 Å². The molecule has 0 aliphatic rings. The highest BCUT2D eigenvalue weighted by Crippen LogP contribution is 2.21. The van der Waals surface area contributed by atoms with Crippen molar-refractivity contribution in [3.63, 3.8) is 0 Å².